The van der Waals surface area contributed by atoms with Gasteiger partial charge in [0.15, 0.2) is 6.23 Å². The van der Waals surface area contributed by atoms with Gasteiger partial charge in [0.2, 0.25) is 11.8 Å². The standard InChI is InChI=1S/C56H69FN12O8/c1-55(2,3)77-54(75)69(31-41-10-13-58-36-60-41)32-48(70)61-47-26-39(40-27-56(28-40)34-76-35-56)29-59-50(47)53(74)67-14-11-37(12-15-67)30-64-16-18-65(19-17-64)33-49(71)66-20-22-68(23-21-66)52(73)44-24-38(8-9-45(44)57)25-46-42-6-4-5-7-43(42)51(72)63-62-46/h4-10,13,24,26,29,36-37,40,53,74H,11-12,14-23,25,27-28,30-35H2,1-3H3,(H,61,70)(H,63,72). The van der Waals surface area contributed by atoms with E-state index in [1.54, 1.807) is 67.1 Å². The minimum Gasteiger partial charge on any atom is -0.444 e. The van der Waals surface area contributed by atoms with Crippen LogP contribution in [0.15, 0.2) is 78.1 Å². The van der Waals surface area contributed by atoms with Gasteiger partial charge in [-0.3, -0.25) is 38.9 Å². The van der Waals surface area contributed by atoms with Gasteiger partial charge in [0.25, 0.3) is 11.5 Å². The van der Waals surface area contributed by atoms with Crippen molar-refractivity contribution in [2.24, 2.45) is 11.3 Å². The van der Waals surface area contributed by atoms with Gasteiger partial charge in [0.1, 0.15) is 30.0 Å². The number of aromatic nitrogens is 5. The van der Waals surface area contributed by atoms with Crippen molar-refractivity contribution in [3.05, 3.63) is 123 Å². The van der Waals surface area contributed by atoms with E-state index in [0.717, 1.165) is 77.2 Å². The molecule has 1 unspecified atom stereocenters. The van der Waals surface area contributed by atoms with E-state index in [1.165, 1.54) is 17.3 Å². The van der Waals surface area contributed by atoms with E-state index in [0.29, 0.717) is 97.3 Å². The number of amides is 4. The van der Waals surface area contributed by atoms with Crippen LogP contribution in [0.1, 0.15) is 97.2 Å². The van der Waals surface area contributed by atoms with Crippen LogP contribution in [0.25, 0.3) is 10.8 Å². The molecular weight excluding hydrogens is 988 g/mol. The monoisotopic (exact) mass is 1060 g/mol. The highest BCUT2D eigenvalue weighted by Crippen LogP contribution is 2.55. The smallest absolute Gasteiger partial charge is 0.411 e. The highest BCUT2D eigenvalue weighted by molar-refractivity contribution is 5.95. The second-order valence-corrected chi connectivity index (χ2v) is 22.5. The number of aliphatic hydroxyl groups is 1. The number of likely N-dealkylation sites (tertiary alicyclic amines) is 1. The number of rotatable bonds is 15. The number of hydrogen-bond acceptors (Lipinski definition) is 15. The van der Waals surface area contributed by atoms with Crippen LogP contribution in [0, 0.1) is 17.2 Å². The van der Waals surface area contributed by atoms with Crippen LogP contribution < -0.4 is 10.9 Å². The number of piperidine rings is 1. The molecule has 0 radical (unpaired) electrons. The lowest BCUT2D eigenvalue weighted by Gasteiger charge is -2.53. The maximum absolute atomic E-state index is 15.1. The third-order valence-corrected chi connectivity index (χ3v) is 15.7. The van der Waals surface area contributed by atoms with Crippen LogP contribution in [0.2, 0.25) is 0 Å². The van der Waals surface area contributed by atoms with E-state index >= 15 is 4.39 Å². The number of halogens is 1. The number of benzene rings is 2. The molecule has 10 rings (SSSR count). The topological polar surface area (TPSA) is 223 Å². The number of nitrogens with zero attached hydrogens (tertiary/aromatic N) is 10. The first-order valence-electron chi connectivity index (χ1n) is 26.8. The van der Waals surface area contributed by atoms with Gasteiger partial charge >= 0.3 is 6.09 Å². The number of anilines is 1. The first-order valence-corrected chi connectivity index (χ1v) is 26.8. The van der Waals surface area contributed by atoms with Crippen LogP contribution in [0.3, 0.4) is 0 Å². The molecule has 0 bridgehead atoms. The van der Waals surface area contributed by atoms with Crippen molar-refractivity contribution in [3.63, 3.8) is 0 Å². The fourth-order valence-electron chi connectivity index (χ4n) is 11.4. The SMILES string of the molecule is CC(C)(C)OC(=O)N(CC(=O)Nc1cc(C2CC3(COC3)C2)cnc1C(O)N1CCC(CN2CCN(CC(=O)N3CCN(C(=O)c4cc(Cc5n[nH]c(=O)c6ccccc56)ccc4F)CC3)CC2)CC1)Cc1ccncn1. The Morgan fingerprint density at radius 1 is 0.909 bits per heavy atom. The molecule has 21 heteroatoms. The number of ether oxygens (including phenoxy) is 2. The molecule has 1 atom stereocenters. The summed E-state index contributed by atoms with van der Waals surface area (Å²) < 4.78 is 26.3. The fraction of sp³-hybridized carbons (Fsp3) is 0.518. The Kier molecular flexibility index (Phi) is 16.0. The summed E-state index contributed by atoms with van der Waals surface area (Å²) >= 11 is 0. The number of H-pyrrole nitrogens is 1. The van der Waals surface area contributed by atoms with Crippen molar-refractivity contribution >= 4 is 40.3 Å². The summed E-state index contributed by atoms with van der Waals surface area (Å²) in [4.78, 5) is 91.1. The highest BCUT2D eigenvalue weighted by Gasteiger charge is 2.50. The van der Waals surface area contributed by atoms with E-state index in [9.17, 15) is 29.1 Å². The third kappa shape index (κ3) is 12.8. The van der Waals surface area contributed by atoms with E-state index in [-0.39, 0.29) is 41.5 Å². The van der Waals surface area contributed by atoms with Crippen molar-refractivity contribution in [2.45, 2.75) is 77.2 Å². The summed E-state index contributed by atoms with van der Waals surface area (Å²) in [7, 11) is 0. The van der Waals surface area contributed by atoms with Gasteiger partial charge in [-0.2, -0.15) is 5.10 Å². The lowest BCUT2D eigenvalue weighted by atomic mass is 9.59. The third-order valence-electron chi connectivity index (χ3n) is 15.7. The summed E-state index contributed by atoms with van der Waals surface area (Å²) in [6.07, 6.45) is 7.04. The Balaban J connectivity index is 0.684. The number of nitrogens with one attached hydrogen (secondary N) is 2. The Morgan fingerprint density at radius 3 is 2.31 bits per heavy atom. The van der Waals surface area contributed by atoms with Crippen LogP contribution in [-0.4, -0.2) is 187 Å². The van der Waals surface area contributed by atoms with Crippen molar-refractivity contribution in [2.75, 3.05) is 104 Å². The lowest BCUT2D eigenvalue weighted by molar-refractivity contribution is -0.164. The molecule has 77 heavy (non-hydrogen) atoms. The second-order valence-electron chi connectivity index (χ2n) is 22.5. The Morgan fingerprint density at radius 2 is 1.62 bits per heavy atom. The summed E-state index contributed by atoms with van der Waals surface area (Å²) in [6.45, 7) is 13.5. The molecule has 3 aromatic heterocycles. The number of pyridine rings is 1. The molecule has 5 aliphatic rings. The van der Waals surface area contributed by atoms with E-state index < -0.39 is 35.6 Å². The normalized spacial score (nSPS) is 19.1. The Labute approximate surface area is 446 Å². The Bertz CT molecular complexity index is 2990. The minimum absolute atomic E-state index is 0.0127. The average molecular weight is 1060 g/mol. The number of aromatic amines is 1. The molecular formula is C56H69FN12O8. The molecule has 5 aromatic rings. The maximum Gasteiger partial charge on any atom is 0.411 e. The van der Waals surface area contributed by atoms with Crippen LogP contribution in [0.5, 0.6) is 0 Å². The molecule has 3 N–H and O–H groups in total. The zero-order valence-corrected chi connectivity index (χ0v) is 44.2. The molecule has 1 aliphatic carbocycles. The summed E-state index contributed by atoms with van der Waals surface area (Å²) in [5, 5.41) is 22.9. The quantitative estimate of drug-likeness (QED) is 0.132. The minimum atomic E-state index is -1.07. The fourth-order valence-corrected chi connectivity index (χ4v) is 11.4. The number of carbonyl (C=O) groups excluding carboxylic acids is 4. The molecule has 408 valence electrons. The van der Waals surface area contributed by atoms with Crippen molar-refractivity contribution in [1.82, 2.24) is 54.5 Å². The van der Waals surface area contributed by atoms with Gasteiger partial charge in [-0.05, 0) is 99.7 Å². The van der Waals surface area contributed by atoms with Gasteiger partial charge < -0.3 is 34.6 Å². The average Bonchev–Trinajstić information content (AvgIpc) is 3.39. The number of hydrogen-bond donors (Lipinski definition) is 3. The molecule has 4 saturated heterocycles. The molecule has 4 aliphatic heterocycles. The number of aliphatic hydroxyl groups excluding tert-OH is 1. The van der Waals surface area contributed by atoms with Gasteiger partial charge in [-0.1, -0.05) is 24.3 Å². The molecule has 2 aromatic carbocycles. The molecule has 1 saturated carbocycles. The largest absolute Gasteiger partial charge is 0.444 e. The predicted molar refractivity (Wildman–Crippen MR) is 283 cm³/mol. The molecule has 7 heterocycles. The molecule has 5 fully saturated rings. The van der Waals surface area contributed by atoms with E-state index in [1.807, 2.05) is 29.3 Å². The van der Waals surface area contributed by atoms with Gasteiger partial charge in [0.05, 0.1) is 54.3 Å². The van der Waals surface area contributed by atoms with Crippen LogP contribution in [-0.2, 0) is 32.0 Å². The van der Waals surface area contributed by atoms with Crippen molar-refractivity contribution in [3.8, 4) is 0 Å². The lowest BCUT2D eigenvalue weighted by Crippen LogP contribution is -2.55. The van der Waals surface area contributed by atoms with Gasteiger partial charge in [-0.25, -0.2) is 24.3 Å². The predicted octanol–water partition coefficient (Wildman–Crippen LogP) is 4.41. The molecule has 4 amide bonds. The zero-order chi connectivity index (χ0) is 53.8. The number of piperazine rings is 2. The van der Waals surface area contributed by atoms with Gasteiger partial charge in [-0.15, -0.1) is 0 Å². The summed E-state index contributed by atoms with van der Waals surface area (Å²) in [6, 6.07) is 15.2. The number of fused-ring (bicyclic) bond motifs is 1. The Hall–Kier alpha value is -6.78. The highest BCUT2D eigenvalue weighted by atomic mass is 19.1. The zero-order valence-electron chi connectivity index (χ0n) is 44.2. The summed E-state index contributed by atoms with van der Waals surface area (Å²) in [5.41, 5.74) is 2.70. The molecule has 1 spiro atoms. The maximum atomic E-state index is 15.1. The van der Waals surface area contributed by atoms with Crippen LogP contribution in [0.4, 0.5) is 14.9 Å². The van der Waals surface area contributed by atoms with E-state index in [4.69, 9.17) is 14.5 Å². The van der Waals surface area contributed by atoms with Crippen molar-refractivity contribution in [1.29, 1.82) is 0 Å². The molecule has 20 nitrogen and oxygen atoms in total. The van der Waals surface area contributed by atoms with Crippen LogP contribution >= 0.6 is 0 Å². The number of carbonyl (C=O) groups is 4. The first-order chi connectivity index (χ1) is 37.0. The second kappa shape index (κ2) is 23.1. The summed E-state index contributed by atoms with van der Waals surface area (Å²) in [5.74, 6) is -0.814. The van der Waals surface area contributed by atoms with Crippen molar-refractivity contribution < 1.29 is 38.1 Å². The van der Waals surface area contributed by atoms with E-state index in [2.05, 4.69) is 35.3 Å². The first kappa shape index (κ1) is 53.6. The van der Waals surface area contributed by atoms with Gasteiger partial charge in [0, 0.05) is 102 Å².